The lowest BCUT2D eigenvalue weighted by Gasteiger charge is -2.03. The first kappa shape index (κ1) is 12.0. The highest BCUT2D eigenvalue weighted by atomic mass is 35.5. The molecular weight excluding hydrogens is 262 g/mol. The highest BCUT2D eigenvalue weighted by Crippen LogP contribution is 2.19. The molecule has 0 spiro atoms. The largest absolute Gasteiger partial charge is 0.350 e. The minimum Gasteiger partial charge on any atom is -0.324 e. The Bertz CT molecular complexity index is 657. The molecule has 1 heterocycles. The van der Waals surface area contributed by atoms with E-state index in [9.17, 15) is 14.9 Å². The number of anilines is 2. The first-order valence-electron chi connectivity index (χ1n) is 4.70. The molecule has 0 aliphatic heterocycles. The standard InChI is InChI=1S/C9H6ClN5O3/c10-7-12-8(14-9(16)13-7)11-5-2-1-3-6(4-5)15(17)18/h1-4H,(H2,11,12,13,14,16). The molecule has 0 saturated carbocycles. The molecule has 0 saturated heterocycles. The number of aromatic nitrogens is 3. The Labute approximate surface area is 105 Å². The minimum absolute atomic E-state index is 0.0377. The summed E-state index contributed by atoms with van der Waals surface area (Å²) >= 11 is 5.54. The van der Waals surface area contributed by atoms with Gasteiger partial charge in [0.2, 0.25) is 11.2 Å². The van der Waals surface area contributed by atoms with E-state index in [-0.39, 0.29) is 16.9 Å². The van der Waals surface area contributed by atoms with Gasteiger partial charge in [-0.15, -0.1) is 0 Å². The van der Waals surface area contributed by atoms with Crippen molar-refractivity contribution in [3.63, 3.8) is 0 Å². The summed E-state index contributed by atoms with van der Waals surface area (Å²) in [6, 6.07) is 5.70. The van der Waals surface area contributed by atoms with Crippen molar-refractivity contribution in [3.05, 3.63) is 50.1 Å². The van der Waals surface area contributed by atoms with Crippen molar-refractivity contribution in [2.45, 2.75) is 0 Å². The summed E-state index contributed by atoms with van der Waals surface area (Å²) in [5.74, 6) is -0.0377. The van der Waals surface area contributed by atoms with E-state index in [0.717, 1.165) is 0 Å². The number of H-pyrrole nitrogens is 1. The van der Waals surface area contributed by atoms with Crippen LogP contribution in [0.15, 0.2) is 29.1 Å². The van der Waals surface area contributed by atoms with Gasteiger partial charge in [0.15, 0.2) is 0 Å². The molecule has 0 aliphatic rings. The number of nitro benzene ring substituents is 1. The number of benzene rings is 1. The van der Waals surface area contributed by atoms with Crippen molar-refractivity contribution in [3.8, 4) is 0 Å². The van der Waals surface area contributed by atoms with E-state index in [1.165, 1.54) is 18.2 Å². The fourth-order valence-corrected chi connectivity index (χ4v) is 1.40. The van der Waals surface area contributed by atoms with Crippen LogP contribution in [0, 0.1) is 10.1 Å². The first-order valence-corrected chi connectivity index (χ1v) is 5.08. The van der Waals surface area contributed by atoms with Gasteiger partial charge in [-0.3, -0.25) is 15.1 Å². The summed E-state index contributed by atoms with van der Waals surface area (Å²) in [5, 5.41) is 13.1. The monoisotopic (exact) mass is 267 g/mol. The summed E-state index contributed by atoms with van der Waals surface area (Å²) in [4.78, 5) is 30.5. The predicted molar refractivity (Wildman–Crippen MR) is 64.0 cm³/mol. The Balaban J connectivity index is 2.31. The third-order valence-electron chi connectivity index (χ3n) is 1.93. The van der Waals surface area contributed by atoms with Gasteiger partial charge in [-0.25, -0.2) is 4.79 Å². The molecule has 92 valence electrons. The van der Waals surface area contributed by atoms with Crippen molar-refractivity contribution < 1.29 is 4.92 Å². The Morgan fingerprint density at radius 3 is 2.83 bits per heavy atom. The zero-order valence-corrected chi connectivity index (χ0v) is 9.51. The third kappa shape index (κ3) is 2.80. The lowest BCUT2D eigenvalue weighted by molar-refractivity contribution is -0.384. The molecule has 0 bridgehead atoms. The molecule has 2 aromatic rings. The van der Waals surface area contributed by atoms with Gasteiger partial charge >= 0.3 is 5.69 Å². The number of rotatable bonds is 3. The van der Waals surface area contributed by atoms with Crippen LogP contribution in [0.2, 0.25) is 5.28 Å². The Morgan fingerprint density at radius 1 is 1.39 bits per heavy atom. The van der Waals surface area contributed by atoms with Crippen LogP contribution < -0.4 is 11.0 Å². The number of non-ortho nitro benzene ring substituents is 1. The third-order valence-corrected chi connectivity index (χ3v) is 2.11. The molecule has 0 radical (unpaired) electrons. The second-order valence-electron chi connectivity index (χ2n) is 3.20. The van der Waals surface area contributed by atoms with Gasteiger partial charge in [0.05, 0.1) is 4.92 Å². The lowest BCUT2D eigenvalue weighted by atomic mass is 10.3. The van der Waals surface area contributed by atoms with Gasteiger partial charge in [0, 0.05) is 17.8 Å². The molecule has 1 aromatic carbocycles. The number of nitrogens with zero attached hydrogens (tertiary/aromatic N) is 3. The van der Waals surface area contributed by atoms with Gasteiger partial charge in [-0.1, -0.05) is 6.07 Å². The average Bonchev–Trinajstić information content (AvgIpc) is 2.27. The number of aromatic amines is 1. The molecule has 8 nitrogen and oxygen atoms in total. The van der Waals surface area contributed by atoms with Crippen LogP contribution in [0.4, 0.5) is 17.3 Å². The smallest absolute Gasteiger partial charge is 0.324 e. The van der Waals surface area contributed by atoms with E-state index >= 15 is 0 Å². The van der Waals surface area contributed by atoms with E-state index in [0.29, 0.717) is 5.69 Å². The fraction of sp³-hybridized carbons (Fsp3) is 0. The Morgan fingerprint density at radius 2 is 2.17 bits per heavy atom. The molecule has 0 aliphatic carbocycles. The van der Waals surface area contributed by atoms with Crippen LogP contribution in [0.5, 0.6) is 0 Å². The molecule has 1 aromatic heterocycles. The zero-order chi connectivity index (χ0) is 13.1. The molecular formula is C9H6ClN5O3. The van der Waals surface area contributed by atoms with Crippen molar-refractivity contribution in [1.82, 2.24) is 15.0 Å². The number of nitro groups is 1. The van der Waals surface area contributed by atoms with Crippen LogP contribution in [0.3, 0.4) is 0 Å². The number of hydrogen-bond donors (Lipinski definition) is 2. The van der Waals surface area contributed by atoms with E-state index in [1.54, 1.807) is 6.07 Å². The zero-order valence-electron chi connectivity index (χ0n) is 8.75. The Kier molecular flexibility index (Phi) is 3.20. The van der Waals surface area contributed by atoms with Gasteiger partial charge in [0.25, 0.3) is 5.69 Å². The molecule has 0 atom stereocenters. The average molecular weight is 268 g/mol. The second-order valence-corrected chi connectivity index (χ2v) is 3.56. The lowest BCUT2D eigenvalue weighted by Crippen LogP contribution is -2.14. The van der Waals surface area contributed by atoms with Crippen molar-refractivity contribution in [2.75, 3.05) is 5.32 Å². The number of nitrogens with one attached hydrogen (secondary N) is 2. The van der Waals surface area contributed by atoms with Crippen LogP contribution in [0.1, 0.15) is 0 Å². The van der Waals surface area contributed by atoms with E-state index in [1.807, 2.05) is 0 Å². The summed E-state index contributed by atoms with van der Waals surface area (Å²) < 4.78 is 0. The van der Waals surface area contributed by atoms with E-state index < -0.39 is 10.6 Å². The minimum atomic E-state index is -0.664. The number of hydrogen-bond acceptors (Lipinski definition) is 6. The summed E-state index contributed by atoms with van der Waals surface area (Å²) in [5.41, 5.74) is -0.371. The van der Waals surface area contributed by atoms with E-state index in [4.69, 9.17) is 11.6 Å². The van der Waals surface area contributed by atoms with Crippen molar-refractivity contribution in [2.24, 2.45) is 0 Å². The van der Waals surface area contributed by atoms with Crippen LogP contribution >= 0.6 is 11.6 Å². The maximum atomic E-state index is 11.0. The molecule has 0 unspecified atom stereocenters. The maximum Gasteiger partial charge on any atom is 0.350 e. The molecule has 9 heteroatoms. The van der Waals surface area contributed by atoms with Crippen LogP contribution in [-0.4, -0.2) is 19.9 Å². The molecule has 0 fully saturated rings. The van der Waals surface area contributed by atoms with Crippen LogP contribution in [-0.2, 0) is 0 Å². The molecule has 2 N–H and O–H groups in total. The van der Waals surface area contributed by atoms with Crippen molar-refractivity contribution in [1.29, 1.82) is 0 Å². The molecule has 18 heavy (non-hydrogen) atoms. The fourth-order valence-electron chi connectivity index (χ4n) is 1.24. The molecule has 2 rings (SSSR count). The predicted octanol–water partition coefficient (Wildman–Crippen LogP) is 1.47. The maximum absolute atomic E-state index is 11.0. The summed E-state index contributed by atoms with van der Waals surface area (Å²) in [7, 11) is 0. The molecule has 0 amide bonds. The highest BCUT2D eigenvalue weighted by Gasteiger charge is 2.07. The van der Waals surface area contributed by atoms with Gasteiger partial charge in [-0.05, 0) is 17.7 Å². The van der Waals surface area contributed by atoms with Crippen LogP contribution in [0.25, 0.3) is 0 Å². The topological polar surface area (TPSA) is 114 Å². The normalized spacial score (nSPS) is 10.1. The van der Waals surface area contributed by atoms with E-state index in [2.05, 4.69) is 20.3 Å². The Hall–Kier alpha value is -2.48. The summed E-state index contributed by atoms with van der Waals surface area (Å²) in [6.07, 6.45) is 0. The quantitative estimate of drug-likeness (QED) is 0.643. The van der Waals surface area contributed by atoms with Gasteiger partial charge in [0.1, 0.15) is 0 Å². The van der Waals surface area contributed by atoms with Gasteiger partial charge < -0.3 is 5.32 Å². The van der Waals surface area contributed by atoms with Gasteiger partial charge in [-0.2, -0.15) is 9.97 Å². The number of halogens is 1. The summed E-state index contributed by atoms with van der Waals surface area (Å²) in [6.45, 7) is 0. The first-order chi connectivity index (χ1) is 8.54. The second kappa shape index (κ2) is 4.80. The highest BCUT2D eigenvalue weighted by molar-refractivity contribution is 6.28. The SMILES string of the molecule is O=c1nc(Nc2cccc([N+](=O)[O-])c2)nc(Cl)[nH]1. The van der Waals surface area contributed by atoms with Crippen molar-refractivity contribution >= 4 is 28.9 Å².